The van der Waals surface area contributed by atoms with Gasteiger partial charge in [0.1, 0.15) is 17.5 Å². The predicted octanol–water partition coefficient (Wildman–Crippen LogP) is 3.56. The molecule has 2 aromatic rings. The third-order valence-corrected chi connectivity index (χ3v) is 4.95. The Labute approximate surface area is 184 Å². The van der Waals surface area contributed by atoms with Gasteiger partial charge in [0, 0.05) is 13.6 Å². The highest BCUT2D eigenvalue weighted by atomic mass is 32.2. The normalized spacial score (nSPS) is 11.6. The number of rotatable bonds is 12. The van der Waals surface area contributed by atoms with Crippen LogP contribution in [0.1, 0.15) is 12.0 Å². The van der Waals surface area contributed by atoms with E-state index in [1.807, 2.05) is 12.3 Å². The van der Waals surface area contributed by atoms with E-state index in [1.54, 1.807) is 55.2 Å². The summed E-state index contributed by atoms with van der Waals surface area (Å²) in [4.78, 5) is 26.7. The number of carbonyl (C=O) groups is 2. The van der Waals surface area contributed by atoms with Crippen LogP contribution in [0.25, 0.3) is 0 Å². The van der Waals surface area contributed by atoms with Crippen LogP contribution in [0.4, 0.5) is 8.78 Å². The third-order valence-electron chi connectivity index (χ3n) is 4.30. The molecule has 0 saturated carbocycles. The van der Waals surface area contributed by atoms with Gasteiger partial charge in [0.05, 0.1) is 0 Å². The Balaban J connectivity index is 1.93. The molecule has 0 aliphatic heterocycles. The number of likely N-dealkylation sites (N-methyl/N-ethyl adjacent to an activating group) is 1. The maximum atomic E-state index is 12.9. The van der Waals surface area contributed by atoms with Gasteiger partial charge < -0.3 is 19.7 Å². The first-order valence-corrected chi connectivity index (χ1v) is 11.0. The molecule has 168 valence electrons. The lowest BCUT2D eigenvalue weighted by Gasteiger charge is -2.25. The van der Waals surface area contributed by atoms with Crippen LogP contribution in [-0.4, -0.2) is 55.0 Å². The molecule has 0 aromatic heterocycles. The molecule has 0 aliphatic rings. The quantitative estimate of drug-likeness (QED) is 0.533. The fraction of sp³-hybridized carbons (Fsp3) is 0.364. The second-order valence-electron chi connectivity index (χ2n) is 6.72. The number of thioether (sulfide) groups is 1. The number of ether oxygens (including phenoxy) is 2. The van der Waals surface area contributed by atoms with Crippen molar-refractivity contribution in [2.45, 2.75) is 25.6 Å². The molecule has 6 nitrogen and oxygen atoms in total. The first kappa shape index (κ1) is 24.5. The molecule has 0 spiro atoms. The minimum Gasteiger partial charge on any atom is -0.484 e. The smallest absolute Gasteiger partial charge is 0.387 e. The molecule has 2 amide bonds. The van der Waals surface area contributed by atoms with Crippen LogP contribution in [-0.2, 0) is 16.1 Å². The first-order chi connectivity index (χ1) is 14.9. The number of hydrogen-bond acceptors (Lipinski definition) is 5. The lowest BCUT2D eigenvalue weighted by molar-refractivity contribution is -0.136. The summed E-state index contributed by atoms with van der Waals surface area (Å²) in [5.41, 5.74) is 0.750. The standard InChI is InChI=1S/C22H26F2N2O4S/c1-26(14-16-8-10-18(11-9-16)30-22(23)24)21(28)19(12-13-31-2)25-20(27)15-29-17-6-4-3-5-7-17/h3-11,19,22H,12-15H2,1-2H3,(H,25,27). The van der Waals surface area contributed by atoms with Crippen molar-refractivity contribution in [3.63, 3.8) is 0 Å². The van der Waals surface area contributed by atoms with Crippen molar-refractivity contribution in [2.75, 3.05) is 25.7 Å². The molecule has 9 heteroatoms. The number of nitrogens with zero attached hydrogens (tertiary/aromatic N) is 1. The predicted molar refractivity (Wildman–Crippen MR) is 116 cm³/mol. The molecule has 2 aromatic carbocycles. The SMILES string of the molecule is CSCCC(NC(=O)COc1ccccc1)C(=O)N(C)Cc1ccc(OC(F)F)cc1. The number of halogens is 2. The molecule has 1 unspecified atom stereocenters. The second kappa shape index (κ2) is 12.8. The Bertz CT molecular complexity index is 822. The van der Waals surface area contributed by atoms with Crippen molar-refractivity contribution >= 4 is 23.6 Å². The highest BCUT2D eigenvalue weighted by Gasteiger charge is 2.24. The number of hydrogen-bond donors (Lipinski definition) is 1. The van der Waals surface area contributed by atoms with Gasteiger partial charge in [0.2, 0.25) is 5.91 Å². The van der Waals surface area contributed by atoms with E-state index in [2.05, 4.69) is 10.1 Å². The van der Waals surface area contributed by atoms with Gasteiger partial charge in [0.15, 0.2) is 6.61 Å². The van der Waals surface area contributed by atoms with Crippen LogP contribution in [0.2, 0.25) is 0 Å². The van der Waals surface area contributed by atoms with Crippen molar-refractivity contribution in [1.82, 2.24) is 10.2 Å². The molecule has 0 aliphatic carbocycles. The van der Waals surface area contributed by atoms with Gasteiger partial charge in [-0.25, -0.2) is 0 Å². The van der Waals surface area contributed by atoms with Gasteiger partial charge in [0.25, 0.3) is 5.91 Å². The molecule has 1 atom stereocenters. The number of nitrogens with one attached hydrogen (secondary N) is 1. The van der Waals surface area contributed by atoms with Crippen LogP contribution in [0.3, 0.4) is 0 Å². The van der Waals surface area contributed by atoms with Crippen LogP contribution < -0.4 is 14.8 Å². The zero-order valence-corrected chi connectivity index (χ0v) is 18.2. The summed E-state index contributed by atoms with van der Waals surface area (Å²) >= 11 is 1.58. The topological polar surface area (TPSA) is 67.9 Å². The van der Waals surface area contributed by atoms with Gasteiger partial charge in [-0.15, -0.1) is 0 Å². The summed E-state index contributed by atoms with van der Waals surface area (Å²) in [6.45, 7) is -2.82. The van der Waals surface area contributed by atoms with E-state index < -0.39 is 12.7 Å². The zero-order valence-electron chi connectivity index (χ0n) is 17.4. The monoisotopic (exact) mass is 452 g/mol. The Morgan fingerprint density at radius 1 is 1.06 bits per heavy atom. The highest BCUT2D eigenvalue weighted by Crippen LogP contribution is 2.16. The largest absolute Gasteiger partial charge is 0.484 e. The maximum Gasteiger partial charge on any atom is 0.387 e. The molecule has 0 saturated heterocycles. The van der Waals surface area contributed by atoms with Gasteiger partial charge >= 0.3 is 6.61 Å². The molecule has 31 heavy (non-hydrogen) atoms. The van der Waals surface area contributed by atoms with E-state index in [1.165, 1.54) is 17.0 Å². The minimum absolute atomic E-state index is 0.0521. The fourth-order valence-corrected chi connectivity index (χ4v) is 3.26. The molecular formula is C22H26F2N2O4S. The van der Waals surface area contributed by atoms with E-state index in [0.29, 0.717) is 17.9 Å². The van der Waals surface area contributed by atoms with Gasteiger partial charge in [-0.05, 0) is 48.3 Å². The van der Waals surface area contributed by atoms with Crippen LogP contribution >= 0.6 is 11.8 Å². The van der Waals surface area contributed by atoms with Crippen molar-refractivity contribution in [3.05, 3.63) is 60.2 Å². The van der Waals surface area contributed by atoms with Gasteiger partial charge in [-0.3, -0.25) is 9.59 Å². The Morgan fingerprint density at radius 2 is 1.74 bits per heavy atom. The summed E-state index contributed by atoms with van der Waals surface area (Å²) < 4.78 is 34.3. The van der Waals surface area contributed by atoms with Crippen molar-refractivity contribution in [2.24, 2.45) is 0 Å². The number of benzene rings is 2. The first-order valence-electron chi connectivity index (χ1n) is 9.64. The third kappa shape index (κ3) is 8.84. The molecule has 2 rings (SSSR count). The van der Waals surface area contributed by atoms with Crippen molar-refractivity contribution < 1.29 is 27.8 Å². The Morgan fingerprint density at radius 3 is 2.35 bits per heavy atom. The van der Waals surface area contributed by atoms with E-state index in [0.717, 1.165) is 5.56 Å². The second-order valence-corrected chi connectivity index (χ2v) is 7.71. The van der Waals surface area contributed by atoms with Gasteiger partial charge in [-0.2, -0.15) is 20.5 Å². The number of carbonyl (C=O) groups excluding carboxylic acids is 2. The minimum atomic E-state index is -2.89. The number of alkyl halides is 2. The summed E-state index contributed by atoms with van der Waals surface area (Å²) in [6, 6.07) is 14.3. The lowest BCUT2D eigenvalue weighted by atomic mass is 10.1. The lowest BCUT2D eigenvalue weighted by Crippen LogP contribution is -2.48. The van der Waals surface area contributed by atoms with E-state index in [4.69, 9.17) is 4.74 Å². The average molecular weight is 453 g/mol. The van der Waals surface area contributed by atoms with Crippen LogP contribution in [0, 0.1) is 0 Å². The molecule has 0 radical (unpaired) electrons. The summed E-state index contributed by atoms with van der Waals surface area (Å²) in [6.07, 6.45) is 2.40. The van der Waals surface area contributed by atoms with Crippen LogP contribution in [0.5, 0.6) is 11.5 Å². The van der Waals surface area contributed by atoms with Gasteiger partial charge in [-0.1, -0.05) is 30.3 Å². The molecular weight excluding hydrogens is 426 g/mol. The molecule has 0 fully saturated rings. The summed E-state index contributed by atoms with van der Waals surface area (Å²) in [5.74, 6) is 0.696. The van der Waals surface area contributed by atoms with E-state index >= 15 is 0 Å². The van der Waals surface area contributed by atoms with Crippen molar-refractivity contribution in [1.29, 1.82) is 0 Å². The Hall–Kier alpha value is -2.81. The number of para-hydroxylation sites is 1. The average Bonchev–Trinajstić information content (AvgIpc) is 2.76. The van der Waals surface area contributed by atoms with E-state index in [9.17, 15) is 18.4 Å². The fourth-order valence-electron chi connectivity index (χ4n) is 2.79. The molecule has 0 bridgehead atoms. The van der Waals surface area contributed by atoms with Crippen LogP contribution in [0.15, 0.2) is 54.6 Å². The molecule has 0 heterocycles. The molecule has 1 N–H and O–H groups in total. The zero-order chi connectivity index (χ0) is 22.6. The maximum absolute atomic E-state index is 12.9. The summed E-state index contributed by atoms with van der Waals surface area (Å²) in [5, 5.41) is 2.75. The van der Waals surface area contributed by atoms with E-state index in [-0.39, 0.29) is 30.7 Å². The highest BCUT2D eigenvalue weighted by molar-refractivity contribution is 7.98. The van der Waals surface area contributed by atoms with Crippen molar-refractivity contribution in [3.8, 4) is 11.5 Å². The Kier molecular flexibility index (Phi) is 10.1. The number of amides is 2. The summed E-state index contributed by atoms with van der Waals surface area (Å²) in [7, 11) is 1.63.